The fourth-order valence-electron chi connectivity index (χ4n) is 4.41. The van der Waals surface area contributed by atoms with E-state index in [9.17, 15) is 0 Å². The Morgan fingerprint density at radius 1 is 0.750 bits per heavy atom. The summed E-state index contributed by atoms with van der Waals surface area (Å²) in [5.41, 5.74) is 3.81. The zero-order chi connectivity index (χ0) is 18.8. The molecular formula is C25H26N2O. The molecule has 3 heteroatoms. The lowest BCUT2D eigenvalue weighted by Gasteiger charge is -2.15. The van der Waals surface area contributed by atoms with E-state index in [0.717, 1.165) is 25.4 Å². The predicted molar refractivity (Wildman–Crippen MR) is 116 cm³/mol. The van der Waals surface area contributed by atoms with Crippen LogP contribution in [0.15, 0.2) is 72.8 Å². The Morgan fingerprint density at radius 3 is 2.36 bits per heavy atom. The molecule has 0 atom stereocenters. The van der Waals surface area contributed by atoms with Gasteiger partial charge in [0.05, 0.1) is 5.52 Å². The number of fused-ring (bicyclic) bond motifs is 3. The lowest BCUT2D eigenvalue weighted by Crippen LogP contribution is -2.25. The van der Waals surface area contributed by atoms with Gasteiger partial charge in [-0.25, -0.2) is 0 Å². The summed E-state index contributed by atoms with van der Waals surface area (Å²) in [5.74, 6) is 1.000. The van der Waals surface area contributed by atoms with E-state index < -0.39 is 0 Å². The van der Waals surface area contributed by atoms with Gasteiger partial charge < -0.3 is 9.30 Å². The Labute approximate surface area is 166 Å². The minimum atomic E-state index is 0.747. The lowest BCUT2D eigenvalue weighted by atomic mass is 10.1. The standard InChI is InChI=1S/C25H26N2O/c1-2-9-20(10-3-1)19-27-22-12-5-4-11-21(22)25-23(27)13-8-14-24(25)28-18-17-26-15-6-7-16-26/h1-5,8-14H,6-7,15-19H2. The van der Waals surface area contributed by atoms with Gasteiger partial charge in [-0.1, -0.05) is 54.6 Å². The second-order valence-corrected chi connectivity index (χ2v) is 7.64. The second kappa shape index (κ2) is 7.69. The minimum Gasteiger partial charge on any atom is -0.492 e. The summed E-state index contributed by atoms with van der Waals surface area (Å²) in [4.78, 5) is 2.50. The molecule has 1 aliphatic heterocycles. The molecular weight excluding hydrogens is 344 g/mol. The first-order valence-electron chi connectivity index (χ1n) is 10.3. The van der Waals surface area contributed by atoms with Crippen LogP contribution in [0.4, 0.5) is 0 Å². The van der Waals surface area contributed by atoms with Crippen molar-refractivity contribution in [3.63, 3.8) is 0 Å². The summed E-state index contributed by atoms with van der Waals surface area (Å²) in [5, 5.41) is 2.50. The van der Waals surface area contributed by atoms with Crippen LogP contribution in [0.1, 0.15) is 18.4 Å². The molecule has 0 amide bonds. The molecule has 0 aliphatic carbocycles. The Morgan fingerprint density at radius 2 is 1.50 bits per heavy atom. The van der Waals surface area contributed by atoms with E-state index in [1.54, 1.807) is 0 Å². The largest absolute Gasteiger partial charge is 0.492 e. The van der Waals surface area contributed by atoms with Crippen LogP contribution in [0.25, 0.3) is 21.8 Å². The van der Waals surface area contributed by atoms with Gasteiger partial charge in [-0.3, -0.25) is 4.90 Å². The highest BCUT2D eigenvalue weighted by Gasteiger charge is 2.15. The smallest absolute Gasteiger partial charge is 0.129 e. The average molecular weight is 370 g/mol. The van der Waals surface area contributed by atoms with Gasteiger partial charge in [0.2, 0.25) is 0 Å². The molecule has 0 spiro atoms. The van der Waals surface area contributed by atoms with Crippen molar-refractivity contribution in [1.82, 2.24) is 9.47 Å². The summed E-state index contributed by atoms with van der Waals surface area (Å²) >= 11 is 0. The van der Waals surface area contributed by atoms with Crippen LogP contribution in [0, 0.1) is 0 Å². The van der Waals surface area contributed by atoms with Gasteiger partial charge in [-0.2, -0.15) is 0 Å². The molecule has 0 N–H and O–H groups in total. The molecule has 1 aliphatic rings. The van der Waals surface area contributed by atoms with Crippen LogP contribution < -0.4 is 4.74 Å². The molecule has 5 rings (SSSR count). The third-order valence-corrected chi connectivity index (χ3v) is 5.81. The van der Waals surface area contributed by atoms with Gasteiger partial charge in [0, 0.05) is 29.4 Å². The number of hydrogen-bond acceptors (Lipinski definition) is 2. The quantitative estimate of drug-likeness (QED) is 0.457. The molecule has 0 saturated carbocycles. The third-order valence-electron chi connectivity index (χ3n) is 5.81. The van der Waals surface area contributed by atoms with E-state index in [1.165, 1.54) is 53.3 Å². The van der Waals surface area contributed by atoms with E-state index in [-0.39, 0.29) is 0 Å². The topological polar surface area (TPSA) is 17.4 Å². The van der Waals surface area contributed by atoms with Gasteiger partial charge in [-0.15, -0.1) is 0 Å². The van der Waals surface area contributed by atoms with E-state index in [1.807, 2.05) is 0 Å². The average Bonchev–Trinajstić information content (AvgIpc) is 3.36. The van der Waals surface area contributed by atoms with Crippen LogP contribution >= 0.6 is 0 Å². The van der Waals surface area contributed by atoms with E-state index >= 15 is 0 Å². The Bertz CT molecular complexity index is 1080. The van der Waals surface area contributed by atoms with Crippen molar-refractivity contribution in [1.29, 1.82) is 0 Å². The number of likely N-dealkylation sites (tertiary alicyclic amines) is 1. The zero-order valence-corrected chi connectivity index (χ0v) is 16.2. The first-order chi connectivity index (χ1) is 13.9. The number of ether oxygens (including phenoxy) is 1. The van der Waals surface area contributed by atoms with Crippen molar-refractivity contribution in [2.24, 2.45) is 0 Å². The summed E-state index contributed by atoms with van der Waals surface area (Å²) in [6, 6.07) is 25.8. The summed E-state index contributed by atoms with van der Waals surface area (Å²) in [6.45, 7) is 5.05. The highest BCUT2D eigenvalue weighted by atomic mass is 16.5. The Balaban J connectivity index is 1.52. The predicted octanol–water partition coefficient (Wildman–Crippen LogP) is 5.32. The van der Waals surface area contributed by atoms with Crippen molar-refractivity contribution in [3.05, 3.63) is 78.4 Å². The molecule has 0 radical (unpaired) electrons. The number of nitrogens with zero attached hydrogens (tertiary/aromatic N) is 2. The normalized spacial score (nSPS) is 14.9. The molecule has 1 saturated heterocycles. The molecule has 142 valence electrons. The lowest BCUT2D eigenvalue weighted by molar-refractivity contribution is 0.239. The fraction of sp³-hybridized carbons (Fsp3) is 0.280. The molecule has 0 unspecified atom stereocenters. The van der Waals surface area contributed by atoms with Gasteiger partial charge in [0.25, 0.3) is 0 Å². The van der Waals surface area contributed by atoms with Crippen LogP contribution in [0.2, 0.25) is 0 Å². The molecule has 0 bridgehead atoms. The van der Waals surface area contributed by atoms with Crippen LogP contribution in [-0.4, -0.2) is 35.7 Å². The number of hydrogen-bond donors (Lipinski definition) is 0. The molecule has 2 heterocycles. The van der Waals surface area contributed by atoms with Crippen molar-refractivity contribution in [3.8, 4) is 5.75 Å². The first-order valence-corrected chi connectivity index (χ1v) is 10.3. The molecule has 3 nitrogen and oxygen atoms in total. The van der Waals surface area contributed by atoms with E-state index in [0.29, 0.717) is 0 Å². The van der Waals surface area contributed by atoms with Gasteiger partial charge in [-0.05, 0) is 49.7 Å². The van der Waals surface area contributed by atoms with Crippen molar-refractivity contribution in [2.45, 2.75) is 19.4 Å². The van der Waals surface area contributed by atoms with E-state index in [2.05, 4.69) is 82.3 Å². The highest BCUT2D eigenvalue weighted by Crippen LogP contribution is 2.36. The molecule has 1 aromatic heterocycles. The second-order valence-electron chi connectivity index (χ2n) is 7.64. The zero-order valence-electron chi connectivity index (χ0n) is 16.2. The molecule has 28 heavy (non-hydrogen) atoms. The fourth-order valence-corrected chi connectivity index (χ4v) is 4.41. The number of para-hydroxylation sites is 1. The first kappa shape index (κ1) is 17.3. The summed E-state index contributed by atoms with van der Waals surface area (Å²) in [7, 11) is 0. The van der Waals surface area contributed by atoms with Gasteiger partial charge in [0.15, 0.2) is 0 Å². The highest BCUT2D eigenvalue weighted by molar-refractivity contribution is 6.11. The molecule has 1 fully saturated rings. The van der Waals surface area contributed by atoms with E-state index in [4.69, 9.17) is 4.74 Å². The van der Waals surface area contributed by atoms with Crippen molar-refractivity contribution >= 4 is 21.8 Å². The van der Waals surface area contributed by atoms with Crippen LogP contribution in [0.5, 0.6) is 5.75 Å². The number of rotatable bonds is 6. The van der Waals surface area contributed by atoms with Gasteiger partial charge >= 0.3 is 0 Å². The monoisotopic (exact) mass is 370 g/mol. The molecule has 3 aromatic carbocycles. The molecule has 4 aromatic rings. The summed E-state index contributed by atoms with van der Waals surface area (Å²) < 4.78 is 8.71. The summed E-state index contributed by atoms with van der Waals surface area (Å²) in [6.07, 6.45) is 2.64. The maximum Gasteiger partial charge on any atom is 0.129 e. The Kier molecular flexibility index (Phi) is 4.76. The SMILES string of the molecule is c1ccc(Cn2c3ccccc3c3c(OCCN4CCCC4)cccc32)cc1. The van der Waals surface area contributed by atoms with Crippen LogP contribution in [-0.2, 0) is 6.54 Å². The third kappa shape index (κ3) is 3.27. The van der Waals surface area contributed by atoms with Gasteiger partial charge in [0.1, 0.15) is 12.4 Å². The maximum absolute atomic E-state index is 6.30. The number of benzene rings is 3. The van der Waals surface area contributed by atoms with Crippen LogP contribution in [0.3, 0.4) is 0 Å². The minimum absolute atomic E-state index is 0.747. The Hall–Kier alpha value is -2.78. The maximum atomic E-state index is 6.30. The number of aromatic nitrogens is 1. The van der Waals surface area contributed by atoms with Crippen molar-refractivity contribution < 1.29 is 4.74 Å². The van der Waals surface area contributed by atoms with Crippen molar-refractivity contribution in [2.75, 3.05) is 26.2 Å².